The molecule has 4 rings (SSSR count). The molecule has 154 valence electrons. The van der Waals surface area contributed by atoms with Crippen molar-refractivity contribution in [2.24, 2.45) is 0 Å². The molecule has 0 bridgehead atoms. The molecule has 1 aromatic carbocycles. The summed E-state index contributed by atoms with van der Waals surface area (Å²) < 4.78 is 47.0. The van der Waals surface area contributed by atoms with Gasteiger partial charge in [-0.3, -0.25) is 4.79 Å². The Morgan fingerprint density at radius 1 is 1.23 bits per heavy atom. The second kappa shape index (κ2) is 7.49. The first-order valence-corrected chi connectivity index (χ1v) is 9.16. The van der Waals surface area contributed by atoms with Gasteiger partial charge in [0.2, 0.25) is 0 Å². The number of alkyl halides is 3. The van der Waals surface area contributed by atoms with E-state index in [-0.39, 0.29) is 29.1 Å². The topological polar surface area (TPSA) is 72.4 Å². The molecule has 0 aliphatic heterocycles. The van der Waals surface area contributed by atoms with E-state index in [1.54, 1.807) is 36.4 Å². The van der Waals surface area contributed by atoms with E-state index >= 15 is 0 Å². The highest BCUT2D eigenvalue weighted by molar-refractivity contribution is 6.30. The van der Waals surface area contributed by atoms with Crippen LogP contribution >= 0.6 is 11.6 Å². The quantitative estimate of drug-likeness (QED) is 0.496. The molecule has 0 fully saturated rings. The number of nitrogens with zero attached hydrogens (tertiary/aromatic N) is 3. The maximum atomic E-state index is 13.7. The summed E-state index contributed by atoms with van der Waals surface area (Å²) in [6.07, 6.45) is -3.25. The zero-order valence-electron chi connectivity index (χ0n) is 15.5. The van der Waals surface area contributed by atoms with Crippen molar-refractivity contribution in [2.45, 2.75) is 19.6 Å². The van der Waals surface area contributed by atoms with Crippen molar-refractivity contribution in [3.05, 3.63) is 76.5 Å². The molecule has 1 N–H and O–H groups in total. The Bertz CT molecular complexity index is 1220. The van der Waals surface area contributed by atoms with E-state index in [0.717, 1.165) is 6.07 Å². The lowest BCUT2D eigenvalue weighted by Gasteiger charge is -2.11. The van der Waals surface area contributed by atoms with Crippen molar-refractivity contribution in [3.8, 4) is 11.3 Å². The fraction of sp³-hybridized carbons (Fsp3) is 0.150. The van der Waals surface area contributed by atoms with E-state index in [1.807, 2.05) is 0 Å². The van der Waals surface area contributed by atoms with E-state index in [9.17, 15) is 18.0 Å². The largest absolute Gasteiger partial charge is 0.467 e. The Hall–Kier alpha value is -3.33. The van der Waals surface area contributed by atoms with Gasteiger partial charge in [-0.15, -0.1) is 0 Å². The third kappa shape index (κ3) is 3.76. The van der Waals surface area contributed by atoms with Gasteiger partial charge in [-0.1, -0.05) is 23.7 Å². The fourth-order valence-electron chi connectivity index (χ4n) is 3.03. The van der Waals surface area contributed by atoms with Crippen molar-refractivity contribution in [3.63, 3.8) is 0 Å². The Kier molecular flexibility index (Phi) is 4.98. The Morgan fingerprint density at radius 3 is 2.60 bits per heavy atom. The number of furan rings is 1. The molecule has 3 heterocycles. The second-order valence-corrected chi connectivity index (χ2v) is 6.93. The van der Waals surface area contributed by atoms with E-state index in [0.29, 0.717) is 20.9 Å². The molecule has 0 atom stereocenters. The number of rotatable bonds is 4. The summed E-state index contributed by atoms with van der Waals surface area (Å²) in [6.45, 7) is 1.53. The monoisotopic (exact) mass is 434 g/mol. The summed E-state index contributed by atoms with van der Waals surface area (Å²) in [6, 6.07) is 10.4. The Morgan fingerprint density at radius 2 is 1.97 bits per heavy atom. The molecule has 1 amide bonds. The number of benzene rings is 1. The number of hydrogen-bond acceptors (Lipinski definition) is 4. The summed E-state index contributed by atoms with van der Waals surface area (Å²) in [5, 5.41) is 6.98. The Balaban J connectivity index is 1.84. The third-order valence-electron chi connectivity index (χ3n) is 4.42. The van der Waals surface area contributed by atoms with Crippen molar-refractivity contribution >= 4 is 23.2 Å². The maximum absolute atomic E-state index is 13.7. The van der Waals surface area contributed by atoms with Gasteiger partial charge in [-0.25, -0.2) is 9.50 Å². The standard InChI is InChI=1S/C20H14ClF3N4O2/c1-11-17(19(29)25-10-14-3-2-8-30-14)18-26-15(12-4-6-13(21)7-5-12)9-16(20(22,23)24)28(18)27-11/h2-9H,10H2,1H3,(H,25,29). The van der Waals surface area contributed by atoms with Gasteiger partial charge in [0, 0.05) is 10.6 Å². The van der Waals surface area contributed by atoms with Crippen LogP contribution in [-0.4, -0.2) is 20.5 Å². The number of amides is 1. The summed E-state index contributed by atoms with van der Waals surface area (Å²) in [5.74, 6) is -0.101. The van der Waals surface area contributed by atoms with Crippen LogP contribution in [0, 0.1) is 6.92 Å². The van der Waals surface area contributed by atoms with Gasteiger partial charge in [-0.2, -0.15) is 18.3 Å². The average molecular weight is 435 g/mol. The van der Waals surface area contributed by atoms with Crippen LogP contribution in [0.25, 0.3) is 16.9 Å². The molecule has 3 aromatic heterocycles. The van der Waals surface area contributed by atoms with Crippen LogP contribution in [0.15, 0.2) is 53.1 Å². The smallest absolute Gasteiger partial charge is 0.433 e. The molecule has 4 aromatic rings. The van der Waals surface area contributed by atoms with Gasteiger partial charge in [0.15, 0.2) is 11.3 Å². The lowest BCUT2D eigenvalue weighted by atomic mass is 10.1. The molecule has 6 nitrogen and oxygen atoms in total. The normalized spacial score (nSPS) is 11.8. The lowest BCUT2D eigenvalue weighted by molar-refractivity contribution is -0.142. The number of fused-ring (bicyclic) bond motifs is 1. The number of nitrogens with one attached hydrogen (secondary N) is 1. The first-order valence-electron chi connectivity index (χ1n) is 8.78. The van der Waals surface area contributed by atoms with E-state index in [2.05, 4.69) is 15.4 Å². The fourth-order valence-corrected chi connectivity index (χ4v) is 3.15. The van der Waals surface area contributed by atoms with E-state index in [1.165, 1.54) is 13.2 Å². The minimum absolute atomic E-state index is 0.0390. The van der Waals surface area contributed by atoms with Gasteiger partial charge in [0.05, 0.1) is 24.2 Å². The van der Waals surface area contributed by atoms with Crippen LogP contribution in [-0.2, 0) is 12.7 Å². The molecule has 0 unspecified atom stereocenters. The number of halogens is 4. The highest BCUT2D eigenvalue weighted by Gasteiger charge is 2.36. The van der Waals surface area contributed by atoms with Gasteiger partial charge in [0.1, 0.15) is 11.3 Å². The zero-order valence-corrected chi connectivity index (χ0v) is 16.3. The summed E-state index contributed by atoms with van der Waals surface area (Å²) in [5.41, 5.74) is -0.671. The molecule has 0 spiro atoms. The van der Waals surface area contributed by atoms with Crippen molar-refractivity contribution < 1.29 is 22.4 Å². The van der Waals surface area contributed by atoms with Crippen LogP contribution in [0.5, 0.6) is 0 Å². The second-order valence-electron chi connectivity index (χ2n) is 6.49. The van der Waals surface area contributed by atoms with Crippen LogP contribution in [0.3, 0.4) is 0 Å². The van der Waals surface area contributed by atoms with Crippen LogP contribution in [0.2, 0.25) is 5.02 Å². The highest BCUT2D eigenvalue weighted by Crippen LogP contribution is 2.33. The minimum atomic E-state index is -4.71. The van der Waals surface area contributed by atoms with Gasteiger partial charge in [-0.05, 0) is 37.3 Å². The first kappa shape index (κ1) is 20.0. The van der Waals surface area contributed by atoms with E-state index < -0.39 is 17.8 Å². The lowest BCUT2D eigenvalue weighted by Crippen LogP contribution is -2.23. The molecular formula is C20H14ClF3N4O2. The molecule has 0 saturated carbocycles. The molecule has 0 aliphatic carbocycles. The molecule has 0 radical (unpaired) electrons. The van der Waals surface area contributed by atoms with Crippen molar-refractivity contribution in [2.75, 3.05) is 0 Å². The molecule has 0 saturated heterocycles. The number of carbonyl (C=O) groups excluding carboxylic acids is 1. The predicted molar refractivity (Wildman–Crippen MR) is 103 cm³/mol. The van der Waals surface area contributed by atoms with Gasteiger partial charge < -0.3 is 9.73 Å². The van der Waals surface area contributed by atoms with Crippen molar-refractivity contribution in [1.82, 2.24) is 19.9 Å². The minimum Gasteiger partial charge on any atom is -0.467 e. The SMILES string of the molecule is Cc1nn2c(C(F)(F)F)cc(-c3ccc(Cl)cc3)nc2c1C(=O)NCc1ccco1. The first-order chi connectivity index (χ1) is 14.2. The number of aryl methyl sites for hydroxylation is 1. The highest BCUT2D eigenvalue weighted by atomic mass is 35.5. The number of carbonyl (C=O) groups is 1. The molecule has 10 heteroatoms. The van der Waals surface area contributed by atoms with Gasteiger partial charge >= 0.3 is 6.18 Å². The van der Waals surface area contributed by atoms with Crippen LogP contribution in [0.1, 0.15) is 27.5 Å². The molecule has 0 aliphatic rings. The number of hydrogen-bond donors (Lipinski definition) is 1. The van der Waals surface area contributed by atoms with Gasteiger partial charge in [0.25, 0.3) is 5.91 Å². The Labute approximate surface area is 173 Å². The predicted octanol–water partition coefficient (Wildman–Crippen LogP) is 4.90. The van der Waals surface area contributed by atoms with Crippen molar-refractivity contribution in [1.29, 1.82) is 0 Å². The van der Waals surface area contributed by atoms with Crippen LogP contribution in [0.4, 0.5) is 13.2 Å². The average Bonchev–Trinajstić information content (AvgIpc) is 3.32. The summed E-state index contributed by atoms with van der Waals surface area (Å²) in [4.78, 5) is 17.1. The van der Waals surface area contributed by atoms with Crippen LogP contribution < -0.4 is 5.32 Å². The maximum Gasteiger partial charge on any atom is 0.433 e. The summed E-state index contributed by atoms with van der Waals surface area (Å²) in [7, 11) is 0. The zero-order chi connectivity index (χ0) is 21.5. The third-order valence-corrected chi connectivity index (χ3v) is 4.68. The summed E-state index contributed by atoms with van der Waals surface area (Å²) >= 11 is 5.87. The molecule has 30 heavy (non-hydrogen) atoms. The number of aromatic nitrogens is 3. The molecular weight excluding hydrogens is 421 g/mol. The van der Waals surface area contributed by atoms with E-state index in [4.69, 9.17) is 16.0 Å².